The van der Waals surface area contributed by atoms with Gasteiger partial charge < -0.3 is 15.1 Å². The molecular formula is C13H22N6O. The number of methoxy groups -OCH3 is 1. The average Bonchev–Trinajstić information content (AvgIpc) is 3.16. The third-order valence-electron chi connectivity index (χ3n) is 4.25. The highest BCUT2D eigenvalue weighted by Crippen LogP contribution is 2.34. The lowest BCUT2D eigenvalue weighted by atomic mass is 10.2. The first-order chi connectivity index (χ1) is 9.83. The summed E-state index contributed by atoms with van der Waals surface area (Å²) in [6.07, 6.45) is 5.36. The molecular weight excluding hydrogens is 256 g/mol. The van der Waals surface area contributed by atoms with Crippen LogP contribution in [0.2, 0.25) is 0 Å². The van der Waals surface area contributed by atoms with Crippen molar-refractivity contribution in [1.29, 1.82) is 0 Å². The molecule has 1 aromatic rings. The van der Waals surface area contributed by atoms with E-state index in [2.05, 4.69) is 25.2 Å². The van der Waals surface area contributed by atoms with Crippen molar-refractivity contribution in [3.63, 3.8) is 0 Å². The van der Waals surface area contributed by atoms with E-state index in [1.165, 1.54) is 38.7 Å². The normalized spacial score (nSPS) is 23.3. The number of nitrogen functional groups attached to an aromatic ring is 1. The van der Waals surface area contributed by atoms with Crippen molar-refractivity contribution in [2.75, 3.05) is 43.6 Å². The Morgan fingerprint density at radius 1 is 1.30 bits per heavy atom. The van der Waals surface area contributed by atoms with Gasteiger partial charge in [-0.25, -0.2) is 15.8 Å². The molecule has 3 N–H and O–H groups in total. The first kappa shape index (κ1) is 13.4. The van der Waals surface area contributed by atoms with E-state index in [4.69, 9.17) is 10.6 Å². The van der Waals surface area contributed by atoms with E-state index in [1.54, 1.807) is 7.11 Å². The summed E-state index contributed by atoms with van der Waals surface area (Å²) in [5, 5.41) is 0. The zero-order chi connectivity index (χ0) is 13.9. The standard InChI is InChI=1S/C13H22N6O/c1-20-11-12(17-14)15-9-16-13(11)19-7-4-10(8-19)18-5-2-3-6-18/h9-10H,2-8,14H2,1H3,(H,15,16,17). The van der Waals surface area contributed by atoms with Gasteiger partial charge in [0.2, 0.25) is 5.75 Å². The highest BCUT2D eigenvalue weighted by molar-refractivity contribution is 5.64. The van der Waals surface area contributed by atoms with Gasteiger partial charge in [-0.3, -0.25) is 4.90 Å². The summed E-state index contributed by atoms with van der Waals surface area (Å²) in [5.41, 5.74) is 2.56. The third kappa shape index (κ3) is 2.38. The van der Waals surface area contributed by atoms with Crippen molar-refractivity contribution in [3.05, 3.63) is 6.33 Å². The Kier molecular flexibility index (Phi) is 3.88. The summed E-state index contributed by atoms with van der Waals surface area (Å²) in [6.45, 7) is 4.46. The summed E-state index contributed by atoms with van der Waals surface area (Å²) in [5.74, 6) is 7.46. The molecule has 0 amide bonds. The van der Waals surface area contributed by atoms with Crippen molar-refractivity contribution in [3.8, 4) is 5.75 Å². The van der Waals surface area contributed by atoms with Crippen LogP contribution in [-0.2, 0) is 0 Å². The number of hydrazine groups is 1. The van der Waals surface area contributed by atoms with E-state index in [0.29, 0.717) is 17.6 Å². The van der Waals surface area contributed by atoms with Crippen molar-refractivity contribution in [2.24, 2.45) is 5.84 Å². The van der Waals surface area contributed by atoms with Crippen molar-refractivity contribution in [2.45, 2.75) is 25.3 Å². The molecule has 2 saturated heterocycles. The Hall–Kier alpha value is -1.60. The Morgan fingerprint density at radius 2 is 2.10 bits per heavy atom. The number of nitrogens with zero attached hydrogens (tertiary/aromatic N) is 4. The molecule has 3 rings (SSSR count). The molecule has 2 aliphatic heterocycles. The Bertz CT molecular complexity index is 462. The van der Waals surface area contributed by atoms with E-state index >= 15 is 0 Å². The molecule has 2 aliphatic rings. The Labute approximate surface area is 119 Å². The van der Waals surface area contributed by atoms with Gasteiger partial charge in [0.1, 0.15) is 6.33 Å². The largest absolute Gasteiger partial charge is 0.490 e. The number of hydrogen-bond donors (Lipinski definition) is 2. The van der Waals surface area contributed by atoms with Gasteiger partial charge in [-0.2, -0.15) is 0 Å². The summed E-state index contributed by atoms with van der Waals surface area (Å²) in [4.78, 5) is 13.3. The van der Waals surface area contributed by atoms with E-state index in [1.807, 2.05) is 0 Å². The number of aromatic nitrogens is 2. The van der Waals surface area contributed by atoms with Gasteiger partial charge in [0, 0.05) is 19.1 Å². The number of likely N-dealkylation sites (tertiary alicyclic amines) is 1. The van der Waals surface area contributed by atoms with Gasteiger partial charge >= 0.3 is 0 Å². The lowest BCUT2D eigenvalue weighted by Gasteiger charge is -2.24. The number of nitrogens with one attached hydrogen (secondary N) is 1. The lowest BCUT2D eigenvalue weighted by Crippen LogP contribution is -2.35. The number of ether oxygens (including phenoxy) is 1. The number of nitrogens with two attached hydrogens (primary N) is 1. The zero-order valence-corrected chi connectivity index (χ0v) is 11.9. The SMILES string of the molecule is COc1c(NN)ncnc1N1CCC(N2CCCC2)C1. The van der Waals surface area contributed by atoms with Gasteiger partial charge in [-0.05, 0) is 32.4 Å². The molecule has 1 atom stereocenters. The quantitative estimate of drug-likeness (QED) is 0.611. The Balaban J connectivity index is 1.77. The van der Waals surface area contributed by atoms with Crippen LogP contribution in [0, 0.1) is 0 Å². The highest BCUT2D eigenvalue weighted by Gasteiger charge is 2.31. The van der Waals surface area contributed by atoms with Gasteiger partial charge in [0.15, 0.2) is 11.6 Å². The van der Waals surface area contributed by atoms with Crippen molar-refractivity contribution in [1.82, 2.24) is 14.9 Å². The zero-order valence-electron chi connectivity index (χ0n) is 11.9. The third-order valence-corrected chi connectivity index (χ3v) is 4.25. The number of rotatable bonds is 4. The van der Waals surface area contributed by atoms with Crippen LogP contribution < -0.4 is 20.9 Å². The lowest BCUT2D eigenvalue weighted by molar-refractivity contribution is 0.260. The summed E-state index contributed by atoms with van der Waals surface area (Å²) in [7, 11) is 1.62. The minimum absolute atomic E-state index is 0.530. The molecule has 0 aromatic carbocycles. The van der Waals surface area contributed by atoms with Crippen molar-refractivity contribution >= 4 is 11.6 Å². The minimum atomic E-state index is 0.530. The average molecular weight is 278 g/mol. The summed E-state index contributed by atoms with van der Waals surface area (Å²) >= 11 is 0. The molecule has 1 unspecified atom stereocenters. The summed E-state index contributed by atoms with van der Waals surface area (Å²) < 4.78 is 5.42. The van der Waals surface area contributed by atoms with Crippen molar-refractivity contribution < 1.29 is 4.74 Å². The smallest absolute Gasteiger partial charge is 0.205 e. The van der Waals surface area contributed by atoms with Crippen LogP contribution in [0.3, 0.4) is 0 Å². The summed E-state index contributed by atoms with van der Waals surface area (Å²) in [6, 6.07) is 0.631. The predicted molar refractivity (Wildman–Crippen MR) is 77.8 cm³/mol. The molecule has 0 radical (unpaired) electrons. The molecule has 110 valence electrons. The van der Waals surface area contributed by atoms with Crippen LogP contribution in [0.1, 0.15) is 19.3 Å². The van der Waals surface area contributed by atoms with Crippen LogP contribution >= 0.6 is 0 Å². The van der Waals surface area contributed by atoms with Crippen LogP contribution in [0.25, 0.3) is 0 Å². The molecule has 0 spiro atoms. The molecule has 1 aromatic heterocycles. The highest BCUT2D eigenvalue weighted by atomic mass is 16.5. The fourth-order valence-corrected chi connectivity index (χ4v) is 3.22. The fraction of sp³-hybridized carbons (Fsp3) is 0.692. The van der Waals surface area contributed by atoms with E-state index in [0.717, 1.165) is 18.9 Å². The second-order valence-electron chi connectivity index (χ2n) is 5.36. The molecule has 0 bridgehead atoms. The predicted octanol–water partition coefficient (Wildman–Crippen LogP) is 0.445. The van der Waals surface area contributed by atoms with Gasteiger partial charge in [0.05, 0.1) is 7.11 Å². The maximum absolute atomic E-state index is 5.47. The minimum Gasteiger partial charge on any atom is -0.490 e. The van der Waals surface area contributed by atoms with Crippen LogP contribution in [0.5, 0.6) is 5.75 Å². The van der Waals surface area contributed by atoms with Gasteiger partial charge in [0.25, 0.3) is 0 Å². The molecule has 3 heterocycles. The molecule has 7 heteroatoms. The second kappa shape index (κ2) is 5.80. The maximum Gasteiger partial charge on any atom is 0.205 e. The molecule has 7 nitrogen and oxygen atoms in total. The Morgan fingerprint density at radius 3 is 2.80 bits per heavy atom. The molecule has 2 fully saturated rings. The fourth-order valence-electron chi connectivity index (χ4n) is 3.22. The molecule has 20 heavy (non-hydrogen) atoms. The second-order valence-corrected chi connectivity index (χ2v) is 5.36. The van der Waals surface area contributed by atoms with Gasteiger partial charge in [-0.1, -0.05) is 0 Å². The van der Waals surface area contributed by atoms with Crippen LogP contribution in [0.4, 0.5) is 11.6 Å². The van der Waals surface area contributed by atoms with Crippen LogP contribution in [-0.4, -0.2) is 54.2 Å². The maximum atomic E-state index is 5.47. The first-order valence-corrected chi connectivity index (χ1v) is 7.18. The van der Waals surface area contributed by atoms with E-state index < -0.39 is 0 Å². The van der Waals surface area contributed by atoms with Crippen LogP contribution in [0.15, 0.2) is 6.33 Å². The first-order valence-electron chi connectivity index (χ1n) is 7.18. The van der Waals surface area contributed by atoms with E-state index in [9.17, 15) is 0 Å². The molecule has 0 saturated carbocycles. The number of anilines is 2. The monoisotopic (exact) mass is 278 g/mol. The van der Waals surface area contributed by atoms with Gasteiger partial charge in [-0.15, -0.1) is 0 Å². The van der Waals surface area contributed by atoms with E-state index in [-0.39, 0.29) is 0 Å². The number of hydrogen-bond acceptors (Lipinski definition) is 7. The molecule has 0 aliphatic carbocycles. The topological polar surface area (TPSA) is 79.5 Å².